The van der Waals surface area contributed by atoms with Crippen molar-refractivity contribution < 1.29 is 14.4 Å². The van der Waals surface area contributed by atoms with Crippen LogP contribution in [0.3, 0.4) is 0 Å². The zero-order valence-corrected chi connectivity index (χ0v) is 20.0. The number of carbonyl (C=O) groups excluding carboxylic acids is 3. The number of amides is 3. The molecule has 2 N–H and O–H groups in total. The van der Waals surface area contributed by atoms with Gasteiger partial charge in [-0.3, -0.25) is 19.3 Å². The number of likely N-dealkylation sites (tertiary alicyclic amines) is 2. The number of nitrogens with one attached hydrogen (secondary N) is 2. The summed E-state index contributed by atoms with van der Waals surface area (Å²) in [6.45, 7) is 5.53. The Balaban J connectivity index is 1.39. The van der Waals surface area contributed by atoms with Crippen LogP contribution in [0.25, 0.3) is 0 Å². The second-order valence-electron chi connectivity index (χ2n) is 10.1. The van der Waals surface area contributed by atoms with Crippen molar-refractivity contribution in [2.45, 2.75) is 64.5 Å². The van der Waals surface area contributed by atoms with Crippen molar-refractivity contribution in [2.24, 2.45) is 18.4 Å². The number of hydrogen-bond donors (Lipinski definition) is 2. The van der Waals surface area contributed by atoms with Crippen LogP contribution in [0.4, 0.5) is 0 Å². The topological polar surface area (TPSA) is 99.6 Å². The van der Waals surface area contributed by atoms with Crippen LogP contribution in [0.5, 0.6) is 0 Å². The molecule has 4 heterocycles. The quantitative estimate of drug-likeness (QED) is 0.690. The van der Waals surface area contributed by atoms with E-state index in [1.54, 1.807) is 6.92 Å². The fourth-order valence-corrected chi connectivity index (χ4v) is 5.76. The molecule has 0 radical (unpaired) electrons. The summed E-state index contributed by atoms with van der Waals surface area (Å²) in [6, 6.07) is 0.0766. The molecule has 1 spiro atoms. The van der Waals surface area contributed by atoms with Gasteiger partial charge < -0.3 is 20.1 Å². The molecule has 9 nitrogen and oxygen atoms in total. The van der Waals surface area contributed by atoms with Crippen molar-refractivity contribution >= 4 is 17.7 Å². The van der Waals surface area contributed by atoms with Gasteiger partial charge in [-0.05, 0) is 51.1 Å². The molecule has 0 aromatic carbocycles. The summed E-state index contributed by atoms with van der Waals surface area (Å²) in [5.41, 5.74) is -0.408. The van der Waals surface area contributed by atoms with E-state index < -0.39 is 5.41 Å². The van der Waals surface area contributed by atoms with Crippen LogP contribution in [0.1, 0.15) is 57.7 Å². The molecule has 4 rings (SSSR count). The smallest absolute Gasteiger partial charge is 0.239 e. The fraction of sp³-hybridized carbons (Fsp3) is 0.750. The third kappa shape index (κ3) is 5.57. The molecule has 1 aromatic heterocycles. The van der Waals surface area contributed by atoms with Gasteiger partial charge in [-0.25, -0.2) is 4.98 Å². The Morgan fingerprint density at radius 1 is 1.15 bits per heavy atom. The lowest BCUT2D eigenvalue weighted by atomic mass is 9.73. The minimum Gasteiger partial charge on any atom is -0.351 e. The zero-order valence-electron chi connectivity index (χ0n) is 20.0. The van der Waals surface area contributed by atoms with Crippen LogP contribution in [0.2, 0.25) is 0 Å². The van der Waals surface area contributed by atoms with Crippen LogP contribution in [0.15, 0.2) is 12.4 Å². The Bertz CT molecular complexity index is 860. The molecule has 0 aliphatic carbocycles. The number of hydrogen-bond acceptors (Lipinski definition) is 5. The standard InChI is InChI=1S/C24H38N6O3/c1-18(31)30-11-6-20-19(16-30)5-3-4-7-24(23(33)26-15-22(32)27-20)8-12-29(13-9-24)17-21-25-10-14-28(21)2/h10,14,19-20H,3-9,11-13,15-17H2,1-2H3,(H,26,33)(H,27,32)/t19-,20+/m0/s1. The predicted octanol–water partition coefficient (Wildman–Crippen LogP) is 1.05. The lowest BCUT2D eigenvalue weighted by molar-refractivity contribution is -0.137. The lowest BCUT2D eigenvalue weighted by Gasteiger charge is -2.42. The molecular weight excluding hydrogens is 420 g/mol. The Hall–Kier alpha value is -2.42. The Morgan fingerprint density at radius 2 is 1.94 bits per heavy atom. The number of piperidine rings is 2. The highest BCUT2D eigenvalue weighted by molar-refractivity contribution is 5.88. The summed E-state index contributed by atoms with van der Waals surface area (Å²) < 4.78 is 2.04. The highest BCUT2D eigenvalue weighted by atomic mass is 16.2. The third-order valence-electron chi connectivity index (χ3n) is 8.00. The first kappa shape index (κ1) is 23.7. The van der Waals surface area contributed by atoms with Gasteiger partial charge in [0.05, 0.1) is 18.5 Å². The van der Waals surface area contributed by atoms with Gasteiger partial charge in [-0.15, -0.1) is 0 Å². The lowest BCUT2D eigenvalue weighted by Crippen LogP contribution is -2.55. The molecule has 3 saturated heterocycles. The van der Waals surface area contributed by atoms with Gasteiger partial charge in [0.15, 0.2) is 0 Å². The van der Waals surface area contributed by atoms with E-state index >= 15 is 0 Å². The Kier molecular flexibility index (Phi) is 7.36. The SMILES string of the molecule is CC(=O)N1CC[C@H]2NC(=O)CNC(=O)C3(CCCC[C@H]2C1)CCN(Cc1nccn1C)CC3. The molecular formula is C24H38N6O3. The Morgan fingerprint density at radius 3 is 2.64 bits per heavy atom. The van der Waals surface area contributed by atoms with Crippen LogP contribution >= 0.6 is 0 Å². The molecule has 3 fully saturated rings. The Labute approximate surface area is 196 Å². The van der Waals surface area contributed by atoms with Gasteiger partial charge in [0, 0.05) is 45.5 Å². The maximum absolute atomic E-state index is 13.3. The van der Waals surface area contributed by atoms with Crippen LogP contribution in [0, 0.1) is 11.3 Å². The van der Waals surface area contributed by atoms with E-state index in [2.05, 4.69) is 20.5 Å². The van der Waals surface area contributed by atoms with E-state index in [9.17, 15) is 14.4 Å². The van der Waals surface area contributed by atoms with Crippen molar-refractivity contribution in [3.05, 3.63) is 18.2 Å². The summed E-state index contributed by atoms with van der Waals surface area (Å²) in [5, 5.41) is 6.09. The van der Waals surface area contributed by atoms with Crippen LogP contribution in [-0.4, -0.2) is 75.8 Å². The van der Waals surface area contributed by atoms with E-state index in [1.807, 2.05) is 28.9 Å². The zero-order chi connectivity index (χ0) is 23.4. The summed E-state index contributed by atoms with van der Waals surface area (Å²) in [5.74, 6) is 1.31. The normalized spacial score (nSPS) is 27.2. The molecule has 0 bridgehead atoms. The first-order valence-corrected chi connectivity index (χ1v) is 12.4. The maximum Gasteiger partial charge on any atom is 0.239 e. The number of rotatable bonds is 2. The molecule has 0 unspecified atom stereocenters. The van der Waals surface area contributed by atoms with Crippen LogP contribution in [-0.2, 0) is 28.0 Å². The minimum atomic E-state index is -0.408. The summed E-state index contributed by atoms with van der Waals surface area (Å²) in [6.07, 6.45) is 9.97. The molecule has 3 aliphatic rings. The predicted molar refractivity (Wildman–Crippen MR) is 124 cm³/mol. The summed E-state index contributed by atoms with van der Waals surface area (Å²) in [7, 11) is 2.01. The first-order chi connectivity index (χ1) is 15.9. The monoisotopic (exact) mass is 458 g/mol. The molecule has 182 valence electrons. The second kappa shape index (κ2) is 10.2. The number of fused-ring (bicyclic) bond motifs is 1. The van der Waals surface area contributed by atoms with Gasteiger partial charge in [0.1, 0.15) is 5.82 Å². The summed E-state index contributed by atoms with van der Waals surface area (Å²) >= 11 is 0. The van der Waals surface area contributed by atoms with Crippen molar-refractivity contribution in [3.8, 4) is 0 Å². The summed E-state index contributed by atoms with van der Waals surface area (Å²) in [4.78, 5) is 46.5. The van der Waals surface area contributed by atoms with Crippen molar-refractivity contribution in [2.75, 3.05) is 32.7 Å². The number of aromatic nitrogens is 2. The number of imidazole rings is 1. The third-order valence-corrected chi connectivity index (χ3v) is 8.00. The first-order valence-electron chi connectivity index (χ1n) is 12.4. The van der Waals surface area contributed by atoms with Gasteiger partial charge in [-0.1, -0.05) is 12.8 Å². The molecule has 0 saturated carbocycles. The largest absolute Gasteiger partial charge is 0.351 e. The molecule has 9 heteroatoms. The van der Waals surface area contributed by atoms with E-state index in [4.69, 9.17) is 0 Å². The minimum absolute atomic E-state index is 0.0250. The van der Waals surface area contributed by atoms with E-state index in [1.165, 1.54) is 0 Å². The fourth-order valence-electron chi connectivity index (χ4n) is 5.76. The number of carbonyl (C=O) groups is 3. The van der Waals surface area contributed by atoms with E-state index in [-0.39, 0.29) is 36.2 Å². The van der Waals surface area contributed by atoms with Crippen molar-refractivity contribution in [3.63, 3.8) is 0 Å². The van der Waals surface area contributed by atoms with Gasteiger partial charge in [0.25, 0.3) is 0 Å². The maximum atomic E-state index is 13.3. The molecule has 3 aliphatic heterocycles. The van der Waals surface area contributed by atoms with Crippen molar-refractivity contribution in [1.82, 2.24) is 30.0 Å². The van der Waals surface area contributed by atoms with Gasteiger partial charge >= 0.3 is 0 Å². The molecule has 1 aromatic rings. The van der Waals surface area contributed by atoms with Crippen molar-refractivity contribution in [1.29, 1.82) is 0 Å². The van der Waals surface area contributed by atoms with Gasteiger partial charge in [-0.2, -0.15) is 0 Å². The number of nitrogens with zero attached hydrogens (tertiary/aromatic N) is 4. The highest BCUT2D eigenvalue weighted by Gasteiger charge is 2.41. The van der Waals surface area contributed by atoms with E-state index in [0.29, 0.717) is 13.1 Å². The second-order valence-corrected chi connectivity index (χ2v) is 10.1. The molecule has 33 heavy (non-hydrogen) atoms. The average Bonchev–Trinajstić information content (AvgIpc) is 3.20. The highest BCUT2D eigenvalue weighted by Crippen LogP contribution is 2.38. The van der Waals surface area contributed by atoms with Crippen LogP contribution < -0.4 is 10.6 Å². The average molecular weight is 459 g/mol. The van der Waals surface area contributed by atoms with E-state index in [0.717, 1.165) is 70.4 Å². The molecule has 3 amide bonds. The van der Waals surface area contributed by atoms with Gasteiger partial charge in [0.2, 0.25) is 17.7 Å². The number of aryl methyl sites for hydroxylation is 1. The molecule has 2 atom stereocenters.